The summed E-state index contributed by atoms with van der Waals surface area (Å²) in [5.74, 6) is -0.661. The molecule has 1 amide bonds. The van der Waals surface area contributed by atoms with E-state index in [1.54, 1.807) is 24.3 Å². The van der Waals surface area contributed by atoms with E-state index in [-0.39, 0.29) is 47.5 Å². The van der Waals surface area contributed by atoms with Crippen LogP contribution in [0.5, 0.6) is 0 Å². The molecule has 4 aromatic carbocycles. The molecule has 10 nitrogen and oxygen atoms in total. The van der Waals surface area contributed by atoms with E-state index < -0.39 is 26.0 Å². The molecular formula is C29H25Cl3N4O6S2. The van der Waals surface area contributed by atoms with E-state index in [4.69, 9.17) is 39.5 Å². The van der Waals surface area contributed by atoms with Gasteiger partial charge in [0.2, 0.25) is 0 Å². The van der Waals surface area contributed by atoms with Crippen LogP contribution in [-0.2, 0) is 24.8 Å². The summed E-state index contributed by atoms with van der Waals surface area (Å²) in [7, 11) is -8.27. The van der Waals surface area contributed by atoms with Crippen LogP contribution in [0.3, 0.4) is 0 Å². The number of ether oxygens (including phenoxy) is 1. The molecule has 0 spiro atoms. The Hall–Kier alpha value is -3.52. The maximum Gasteiger partial charge on any atom is 0.262 e. The van der Waals surface area contributed by atoms with Crippen molar-refractivity contribution in [2.24, 2.45) is 0 Å². The van der Waals surface area contributed by atoms with Crippen molar-refractivity contribution in [2.45, 2.75) is 9.79 Å². The van der Waals surface area contributed by atoms with Gasteiger partial charge in [-0.2, -0.15) is 0 Å². The van der Waals surface area contributed by atoms with Crippen molar-refractivity contribution in [3.05, 3.63) is 106 Å². The van der Waals surface area contributed by atoms with Crippen LogP contribution in [0.2, 0.25) is 15.1 Å². The topological polar surface area (TPSA) is 134 Å². The molecule has 5 rings (SSSR count). The summed E-state index contributed by atoms with van der Waals surface area (Å²) in [5, 5.41) is 3.40. The zero-order chi connectivity index (χ0) is 31.5. The summed E-state index contributed by atoms with van der Waals surface area (Å²) in [5.41, 5.74) is 1.06. The fourth-order valence-electron chi connectivity index (χ4n) is 4.39. The Morgan fingerprint density at radius 2 is 1.34 bits per heavy atom. The number of halogens is 3. The van der Waals surface area contributed by atoms with E-state index >= 15 is 0 Å². The lowest BCUT2D eigenvalue weighted by molar-refractivity contribution is 0.102. The Labute approximate surface area is 270 Å². The molecule has 0 aliphatic carbocycles. The van der Waals surface area contributed by atoms with Crippen molar-refractivity contribution >= 4 is 83.5 Å². The van der Waals surface area contributed by atoms with Gasteiger partial charge < -0.3 is 15.0 Å². The van der Waals surface area contributed by atoms with Gasteiger partial charge in [0.25, 0.3) is 26.0 Å². The molecule has 3 N–H and O–H groups in total. The summed E-state index contributed by atoms with van der Waals surface area (Å²) >= 11 is 18.3. The molecule has 0 aromatic heterocycles. The van der Waals surface area contributed by atoms with Crippen LogP contribution >= 0.6 is 34.8 Å². The van der Waals surface area contributed by atoms with Crippen LogP contribution in [-0.4, -0.2) is 49.0 Å². The number of nitrogens with one attached hydrogen (secondary N) is 3. The number of anilines is 4. The molecule has 44 heavy (non-hydrogen) atoms. The van der Waals surface area contributed by atoms with E-state index in [2.05, 4.69) is 14.8 Å². The second kappa shape index (κ2) is 13.2. The van der Waals surface area contributed by atoms with Crippen LogP contribution < -0.4 is 19.7 Å². The molecule has 1 aliphatic heterocycles. The lowest BCUT2D eigenvalue weighted by Gasteiger charge is -2.30. The zero-order valence-electron chi connectivity index (χ0n) is 22.8. The summed E-state index contributed by atoms with van der Waals surface area (Å²) in [4.78, 5) is 15.1. The number of carbonyl (C=O) groups excluding carboxylic acids is 1. The van der Waals surface area contributed by atoms with Gasteiger partial charge in [-0.1, -0.05) is 53.0 Å². The molecule has 0 bridgehead atoms. The monoisotopic (exact) mass is 694 g/mol. The summed E-state index contributed by atoms with van der Waals surface area (Å²) in [6, 6.07) is 20.5. The lowest BCUT2D eigenvalue weighted by Crippen LogP contribution is -2.36. The number of rotatable bonds is 9. The summed E-state index contributed by atoms with van der Waals surface area (Å²) < 4.78 is 63.2. The predicted octanol–water partition coefficient (Wildman–Crippen LogP) is 6.34. The summed E-state index contributed by atoms with van der Waals surface area (Å²) in [6.07, 6.45) is 0. The first-order valence-electron chi connectivity index (χ1n) is 13.1. The van der Waals surface area contributed by atoms with Crippen LogP contribution in [0, 0.1) is 0 Å². The average Bonchev–Trinajstić information content (AvgIpc) is 3.00. The number of amides is 1. The molecule has 0 unspecified atom stereocenters. The Morgan fingerprint density at radius 1 is 0.682 bits per heavy atom. The number of hydrogen-bond acceptors (Lipinski definition) is 7. The predicted molar refractivity (Wildman–Crippen MR) is 173 cm³/mol. The number of nitrogens with zero attached hydrogens (tertiary/aromatic N) is 1. The molecule has 15 heteroatoms. The molecule has 1 fully saturated rings. The molecule has 1 aliphatic rings. The molecular weight excluding hydrogens is 671 g/mol. The Kier molecular flexibility index (Phi) is 9.59. The number of carbonyl (C=O) groups is 1. The van der Waals surface area contributed by atoms with Crippen molar-refractivity contribution in [1.82, 2.24) is 0 Å². The minimum atomic E-state index is -4.16. The SMILES string of the molecule is O=C(Nc1cc(S(=O)(=O)Nc2ccccc2Cl)ccc1N1CCOCC1)c1cccc(S(=O)(=O)Nc2cc(Cl)ccc2Cl)c1. The standard InChI is InChI=1S/C29H25Cl3N4O6S2/c30-20-8-10-24(32)26(17-20)35-43(38,39)21-5-3-4-19(16-21)29(37)33-27-18-22(9-11-28(27)36-12-14-42-15-13-36)44(40,41)34-25-7-2-1-6-23(25)31/h1-11,16-18,34-35H,12-15H2,(H,33,37). The van der Waals surface area contributed by atoms with Gasteiger partial charge in [0.15, 0.2) is 0 Å². The highest BCUT2D eigenvalue weighted by atomic mass is 35.5. The fourth-order valence-corrected chi connectivity index (χ4v) is 7.24. The molecule has 4 aromatic rings. The highest BCUT2D eigenvalue weighted by Crippen LogP contribution is 2.32. The average molecular weight is 696 g/mol. The smallest absolute Gasteiger partial charge is 0.262 e. The molecule has 0 atom stereocenters. The first-order valence-corrected chi connectivity index (χ1v) is 17.2. The molecule has 0 radical (unpaired) electrons. The van der Waals surface area contributed by atoms with Gasteiger partial charge in [-0.05, 0) is 66.7 Å². The first-order chi connectivity index (χ1) is 20.9. The number of para-hydroxylation sites is 1. The quantitative estimate of drug-likeness (QED) is 0.186. The maximum absolute atomic E-state index is 13.5. The minimum absolute atomic E-state index is 0.0143. The minimum Gasteiger partial charge on any atom is -0.378 e. The van der Waals surface area contributed by atoms with Crippen molar-refractivity contribution in [1.29, 1.82) is 0 Å². The zero-order valence-corrected chi connectivity index (χ0v) is 26.7. The molecule has 230 valence electrons. The van der Waals surface area contributed by atoms with Gasteiger partial charge in [-0.15, -0.1) is 0 Å². The third-order valence-corrected chi connectivity index (χ3v) is 10.2. The largest absolute Gasteiger partial charge is 0.378 e. The number of sulfonamides is 2. The van der Waals surface area contributed by atoms with E-state index in [9.17, 15) is 21.6 Å². The Bertz CT molecular complexity index is 1940. The number of hydrogen-bond donors (Lipinski definition) is 3. The van der Waals surface area contributed by atoms with Crippen molar-refractivity contribution in [3.8, 4) is 0 Å². The lowest BCUT2D eigenvalue weighted by atomic mass is 10.2. The second-order valence-corrected chi connectivity index (χ2v) is 14.2. The highest BCUT2D eigenvalue weighted by Gasteiger charge is 2.23. The van der Waals surface area contributed by atoms with Gasteiger partial charge in [-0.25, -0.2) is 16.8 Å². The van der Waals surface area contributed by atoms with Crippen LogP contribution in [0.1, 0.15) is 10.4 Å². The second-order valence-electron chi connectivity index (χ2n) is 9.58. The Balaban J connectivity index is 1.45. The normalized spacial score (nSPS) is 13.8. The van der Waals surface area contributed by atoms with Crippen molar-refractivity contribution in [2.75, 3.05) is 46.0 Å². The van der Waals surface area contributed by atoms with Gasteiger partial charge in [0.1, 0.15) is 0 Å². The number of benzene rings is 4. The van der Waals surface area contributed by atoms with Gasteiger partial charge in [0.05, 0.1) is 55.8 Å². The van der Waals surface area contributed by atoms with E-state index in [1.807, 2.05) is 4.90 Å². The van der Waals surface area contributed by atoms with E-state index in [0.29, 0.717) is 32.0 Å². The molecule has 0 saturated carbocycles. The molecule has 1 heterocycles. The van der Waals surface area contributed by atoms with Crippen LogP contribution in [0.15, 0.2) is 94.7 Å². The highest BCUT2D eigenvalue weighted by molar-refractivity contribution is 7.93. The summed E-state index contributed by atoms with van der Waals surface area (Å²) in [6.45, 7) is 1.92. The number of morpholine rings is 1. The van der Waals surface area contributed by atoms with E-state index in [0.717, 1.165) is 0 Å². The Morgan fingerprint density at radius 3 is 2.07 bits per heavy atom. The van der Waals surface area contributed by atoms with Crippen LogP contribution in [0.4, 0.5) is 22.7 Å². The third-order valence-electron chi connectivity index (χ3n) is 6.58. The van der Waals surface area contributed by atoms with Crippen molar-refractivity contribution in [3.63, 3.8) is 0 Å². The fraction of sp³-hybridized carbons (Fsp3) is 0.138. The molecule has 1 saturated heterocycles. The van der Waals surface area contributed by atoms with Crippen molar-refractivity contribution < 1.29 is 26.4 Å². The van der Waals surface area contributed by atoms with E-state index in [1.165, 1.54) is 60.7 Å². The maximum atomic E-state index is 13.5. The van der Waals surface area contributed by atoms with Gasteiger partial charge >= 0.3 is 0 Å². The first kappa shape index (κ1) is 31.9. The third kappa shape index (κ3) is 7.40. The van der Waals surface area contributed by atoms with Gasteiger partial charge in [-0.3, -0.25) is 14.2 Å². The van der Waals surface area contributed by atoms with Crippen LogP contribution in [0.25, 0.3) is 0 Å². The van der Waals surface area contributed by atoms with Gasteiger partial charge in [0, 0.05) is 23.7 Å².